The number of nitrogens with zero attached hydrogens (tertiary/aromatic N) is 3. The molecule has 1 aromatic heterocycles. The molecule has 1 heterocycles. The van der Waals surface area contributed by atoms with Crippen LogP contribution in [0.3, 0.4) is 0 Å². The Bertz CT molecular complexity index is 1350. The zero-order valence-corrected chi connectivity index (χ0v) is 20.6. The minimum Gasteiger partial charge on any atom is -0.391 e. The Kier molecular flexibility index (Phi) is 6.38. The van der Waals surface area contributed by atoms with E-state index < -0.39 is 5.54 Å². The van der Waals surface area contributed by atoms with E-state index in [2.05, 4.69) is 107 Å². The Balaban J connectivity index is 1.31. The lowest BCUT2D eigenvalue weighted by Crippen LogP contribution is -2.36. The summed E-state index contributed by atoms with van der Waals surface area (Å²) in [4.78, 5) is 10.4. The number of imidazole rings is 1. The highest BCUT2D eigenvalue weighted by Crippen LogP contribution is 2.47. The summed E-state index contributed by atoms with van der Waals surface area (Å²) in [5.41, 5.74) is 5.25. The maximum absolute atomic E-state index is 5.53. The van der Waals surface area contributed by atoms with Crippen molar-refractivity contribution in [2.45, 2.75) is 24.5 Å². The fraction of sp³-hybridized carbons (Fsp3) is 0.152. The first-order valence-electron chi connectivity index (χ1n) is 12.8. The van der Waals surface area contributed by atoms with Gasteiger partial charge in [0.15, 0.2) is 0 Å². The molecule has 1 fully saturated rings. The van der Waals surface area contributed by atoms with E-state index in [9.17, 15) is 0 Å². The smallest absolute Gasteiger partial charge is 0.142 e. The molecule has 6 rings (SSSR count). The van der Waals surface area contributed by atoms with Crippen LogP contribution in [-0.2, 0) is 17.0 Å². The molecule has 4 aromatic carbocycles. The molecule has 0 N–H and O–H groups in total. The fourth-order valence-electron chi connectivity index (χ4n) is 5.22. The van der Waals surface area contributed by atoms with Crippen LogP contribution in [0.5, 0.6) is 0 Å². The van der Waals surface area contributed by atoms with Gasteiger partial charge in [0.1, 0.15) is 12.1 Å². The number of hydrogen-bond donors (Lipinski definition) is 0. The molecule has 182 valence electrons. The highest BCUT2D eigenvalue weighted by atomic mass is 16.6. The van der Waals surface area contributed by atoms with E-state index in [1.807, 2.05) is 42.9 Å². The number of rotatable bonds is 9. The van der Waals surface area contributed by atoms with Gasteiger partial charge in [-0.1, -0.05) is 126 Å². The lowest BCUT2D eigenvalue weighted by Gasteiger charge is -2.37. The maximum Gasteiger partial charge on any atom is 0.142 e. The summed E-state index contributed by atoms with van der Waals surface area (Å²) in [6.45, 7) is 0.483. The normalized spacial score (nSPS) is 17.1. The Morgan fingerprint density at radius 2 is 1.27 bits per heavy atom. The second-order valence-electron chi connectivity index (χ2n) is 9.53. The molecule has 1 aliphatic rings. The summed E-state index contributed by atoms with van der Waals surface area (Å²) in [7, 11) is 0. The van der Waals surface area contributed by atoms with Crippen LogP contribution in [0.15, 0.2) is 139 Å². The SMILES string of the molecule is C(=N\OCc1ccccc1)/[C@H]1C[C@H]1c1cn(C(c2ccccc2)(c2ccccc2)c2ccccc2)cn1. The molecule has 5 aromatic rings. The lowest BCUT2D eigenvalue weighted by molar-refractivity contribution is 0.131. The molecule has 0 unspecified atom stereocenters. The van der Waals surface area contributed by atoms with Gasteiger partial charge in [-0.25, -0.2) is 4.98 Å². The van der Waals surface area contributed by atoms with Crippen LogP contribution in [0.2, 0.25) is 0 Å². The first-order chi connectivity index (χ1) is 18.4. The van der Waals surface area contributed by atoms with Crippen molar-refractivity contribution in [2.24, 2.45) is 11.1 Å². The van der Waals surface area contributed by atoms with Crippen molar-refractivity contribution in [3.05, 3.63) is 162 Å². The first-order valence-corrected chi connectivity index (χ1v) is 12.8. The average molecular weight is 484 g/mol. The van der Waals surface area contributed by atoms with E-state index in [-0.39, 0.29) is 0 Å². The van der Waals surface area contributed by atoms with Gasteiger partial charge in [0, 0.05) is 24.2 Å². The van der Waals surface area contributed by atoms with Gasteiger partial charge in [0.05, 0.1) is 12.0 Å². The van der Waals surface area contributed by atoms with Crippen molar-refractivity contribution in [3.63, 3.8) is 0 Å². The van der Waals surface area contributed by atoms with Crippen molar-refractivity contribution in [3.8, 4) is 0 Å². The molecular weight excluding hydrogens is 454 g/mol. The predicted octanol–water partition coefficient (Wildman–Crippen LogP) is 7.03. The molecule has 0 radical (unpaired) electrons. The molecule has 0 bridgehead atoms. The van der Waals surface area contributed by atoms with Crippen LogP contribution in [0.25, 0.3) is 0 Å². The molecule has 0 spiro atoms. The van der Waals surface area contributed by atoms with Crippen LogP contribution in [0, 0.1) is 5.92 Å². The van der Waals surface area contributed by atoms with Crippen molar-refractivity contribution in [2.75, 3.05) is 0 Å². The molecular formula is C33H29N3O. The van der Waals surface area contributed by atoms with Gasteiger partial charge in [-0.2, -0.15) is 0 Å². The maximum atomic E-state index is 5.53. The summed E-state index contributed by atoms with van der Waals surface area (Å²) in [6, 6.07) is 42.2. The molecule has 0 amide bonds. The molecule has 37 heavy (non-hydrogen) atoms. The van der Waals surface area contributed by atoms with Gasteiger partial charge in [-0.05, 0) is 28.7 Å². The molecule has 1 saturated carbocycles. The average Bonchev–Trinajstić information content (AvgIpc) is 3.58. The first kappa shape index (κ1) is 23.0. The van der Waals surface area contributed by atoms with Gasteiger partial charge >= 0.3 is 0 Å². The third-order valence-corrected chi connectivity index (χ3v) is 7.19. The standard InChI is InChI=1S/C33H29N3O/c1-5-13-26(14-6-1)24-37-35-22-27-21-31(27)32-23-36(25-34-32)33(28-15-7-2-8-16-28,29-17-9-3-10-18-29)30-19-11-4-12-20-30/h1-20,22-23,25,27,31H,21,24H2/b35-22+/t27-,31-/m1/s1. The Morgan fingerprint density at radius 1 is 0.757 bits per heavy atom. The second-order valence-corrected chi connectivity index (χ2v) is 9.53. The molecule has 1 aliphatic carbocycles. The molecule has 2 atom stereocenters. The zero-order chi connectivity index (χ0) is 24.9. The predicted molar refractivity (Wildman–Crippen MR) is 147 cm³/mol. The number of hydrogen-bond acceptors (Lipinski definition) is 3. The minimum absolute atomic E-state index is 0.346. The Labute approximate surface area is 217 Å². The second kappa shape index (κ2) is 10.3. The number of benzene rings is 4. The summed E-state index contributed by atoms with van der Waals surface area (Å²) in [6.07, 6.45) is 7.17. The highest BCUT2D eigenvalue weighted by Gasteiger charge is 2.42. The third kappa shape index (κ3) is 4.58. The van der Waals surface area contributed by atoms with Gasteiger partial charge < -0.3 is 9.40 Å². The largest absolute Gasteiger partial charge is 0.391 e. The van der Waals surface area contributed by atoms with Gasteiger partial charge in [0.2, 0.25) is 0 Å². The van der Waals surface area contributed by atoms with Gasteiger partial charge in [-0.3, -0.25) is 0 Å². The van der Waals surface area contributed by atoms with Crippen molar-refractivity contribution in [1.29, 1.82) is 0 Å². The molecule has 0 aliphatic heterocycles. The minimum atomic E-state index is -0.535. The van der Waals surface area contributed by atoms with E-state index >= 15 is 0 Å². The highest BCUT2D eigenvalue weighted by molar-refractivity contribution is 5.66. The topological polar surface area (TPSA) is 39.4 Å². The number of aromatic nitrogens is 2. The van der Waals surface area contributed by atoms with Crippen LogP contribution < -0.4 is 0 Å². The van der Waals surface area contributed by atoms with Crippen molar-refractivity contribution in [1.82, 2.24) is 9.55 Å². The Morgan fingerprint density at radius 3 is 1.81 bits per heavy atom. The lowest BCUT2D eigenvalue weighted by atomic mass is 9.77. The zero-order valence-electron chi connectivity index (χ0n) is 20.6. The van der Waals surface area contributed by atoms with Crippen LogP contribution >= 0.6 is 0 Å². The molecule has 4 heteroatoms. The Hall–Kier alpha value is -4.44. The summed E-state index contributed by atoms with van der Waals surface area (Å²) >= 11 is 0. The monoisotopic (exact) mass is 483 g/mol. The van der Waals surface area contributed by atoms with E-state index in [4.69, 9.17) is 9.82 Å². The summed E-state index contributed by atoms with van der Waals surface area (Å²) < 4.78 is 2.28. The fourth-order valence-corrected chi connectivity index (χ4v) is 5.22. The van der Waals surface area contributed by atoms with E-state index in [0.29, 0.717) is 18.4 Å². The number of oxime groups is 1. The van der Waals surface area contributed by atoms with E-state index in [1.54, 1.807) is 0 Å². The van der Waals surface area contributed by atoms with Gasteiger partial charge in [-0.15, -0.1) is 0 Å². The van der Waals surface area contributed by atoms with Crippen LogP contribution in [0.1, 0.15) is 40.3 Å². The van der Waals surface area contributed by atoms with E-state index in [0.717, 1.165) is 17.7 Å². The molecule has 4 nitrogen and oxygen atoms in total. The third-order valence-electron chi connectivity index (χ3n) is 7.19. The van der Waals surface area contributed by atoms with Crippen LogP contribution in [0.4, 0.5) is 0 Å². The van der Waals surface area contributed by atoms with Crippen molar-refractivity contribution < 1.29 is 4.84 Å². The van der Waals surface area contributed by atoms with Gasteiger partial charge in [0.25, 0.3) is 0 Å². The quantitative estimate of drug-likeness (QED) is 0.128. The summed E-state index contributed by atoms with van der Waals surface area (Å²) in [5, 5.41) is 4.24. The van der Waals surface area contributed by atoms with E-state index in [1.165, 1.54) is 16.7 Å². The van der Waals surface area contributed by atoms with Crippen molar-refractivity contribution >= 4 is 6.21 Å². The summed E-state index contributed by atoms with van der Waals surface area (Å²) in [5.74, 6) is 0.698. The van der Waals surface area contributed by atoms with Crippen LogP contribution in [-0.4, -0.2) is 15.8 Å². The molecule has 0 saturated heterocycles.